The average molecular weight is 470 g/mol. The van der Waals surface area contributed by atoms with Gasteiger partial charge in [0.2, 0.25) is 16.0 Å². The van der Waals surface area contributed by atoms with E-state index in [1.54, 1.807) is 6.07 Å². The van der Waals surface area contributed by atoms with Gasteiger partial charge in [-0.2, -0.15) is 4.31 Å². The standard InChI is InChI=1S/C22H19FN4O5S/c1-32-21(29)17-7-2-3-8-19(17)33(30,31)27-10-9-18-15(13-27)12-24-22(25-18)26-20(28)14-5-4-6-16(23)11-14/h2-8,11-12H,9-10,13H2,1H3,(H,24,25,26,28). The molecule has 1 aliphatic rings. The van der Waals surface area contributed by atoms with Crippen molar-refractivity contribution < 1.29 is 27.1 Å². The number of esters is 1. The summed E-state index contributed by atoms with van der Waals surface area (Å²) < 4.78 is 45.7. The summed E-state index contributed by atoms with van der Waals surface area (Å²) in [7, 11) is -2.80. The van der Waals surface area contributed by atoms with Gasteiger partial charge in [0.1, 0.15) is 5.82 Å². The molecule has 33 heavy (non-hydrogen) atoms. The number of ether oxygens (including phenoxy) is 1. The number of rotatable bonds is 5. The zero-order valence-corrected chi connectivity index (χ0v) is 18.3. The number of hydrogen-bond donors (Lipinski definition) is 1. The van der Waals surface area contributed by atoms with Gasteiger partial charge in [0.25, 0.3) is 5.91 Å². The van der Waals surface area contributed by atoms with Crippen molar-refractivity contribution >= 4 is 27.8 Å². The molecule has 11 heteroatoms. The Morgan fingerprint density at radius 3 is 2.70 bits per heavy atom. The largest absolute Gasteiger partial charge is 0.465 e. The molecular weight excluding hydrogens is 451 g/mol. The predicted octanol–water partition coefficient (Wildman–Crippen LogP) is 2.40. The number of nitrogens with one attached hydrogen (secondary N) is 1. The average Bonchev–Trinajstić information content (AvgIpc) is 2.83. The number of fused-ring (bicyclic) bond motifs is 1. The van der Waals surface area contributed by atoms with Gasteiger partial charge in [0, 0.05) is 36.8 Å². The molecule has 1 aliphatic heterocycles. The van der Waals surface area contributed by atoms with Crippen molar-refractivity contribution in [2.45, 2.75) is 17.9 Å². The number of nitrogens with zero attached hydrogens (tertiary/aromatic N) is 3. The smallest absolute Gasteiger partial charge is 0.339 e. The molecule has 1 aromatic heterocycles. The Morgan fingerprint density at radius 2 is 1.94 bits per heavy atom. The normalized spacial score (nSPS) is 13.8. The highest BCUT2D eigenvalue weighted by molar-refractivity contribution is 7.89. The van der Waals surface area contributed by atoms with Gasteiger partial charge in [-0.15, -0.1) is 0 Å². The Labute approximate surface area is 189 Å². The SMILES string of the molecule is COC(=O)c1ccccc1S(=O)(=O)N1CCc2nc(NC(=O)c3cccc(F)c3)ncc2C1. The van der Waals surface area contributed by atoms with E-state index in [9.17, 15) is 22.4 Å². The first-order chi connectivity index (χ1) is 15.8. The second-order valence-corrected chi connectivity index (χ2v) is 9.11. The van der Waals surface area contributed by atoms with E-state index in [0.717, 1.165) is 6.07 Å². The van der Waals surface area contributed by atoms with Crippen LogP contribution in [0.1, 0.15) is 32.0 Å². The van der Waals surface area contributed by atoms with Gasteiger partial charge < -0.3 is 4.74 Å². The van der Waals surface area contributed by atoms with Crippen molar-refractivity contribution in [1.29, 1.82) is 0 Å². The number of benzene rings is 2. The molecule has 0 atom stereocenters. The fourth-order valence-corrected chi connectivity index (χ4v) is 5.07. The van der Waals surface area contributed by atoms with Crippen molar-refractivity contribution in [3.63, 3.8) is 0 Å². The van der Waals surface area contributed by atoms with Crippen LogP contribution in [0.15, 0.2) is 59.6 Å². The maximum atomic E-state index is 13.3. The summed E-state index contributed by atoms with van der Waals surface area (Å²) in [5.41, 5.74) is 1.24. The van der Waals surface area contributed by atoms with Crippen LogP contribution in [0.3, 0.4) is 0 Å². The van der Waals surface area contributed by atoms with Crippen LogP contribution in [-0.4, -0.2) is 48.2 Å². The van der Waals surface area contributed by atoms with Crippen LogP contribution >= 0.6 is 0 Å². The third kappa shape index (κ3) is 4.59. The second-order valence-electron chi connectivity index (χ2n) is 7.21. The van der Waals surface area contributed by atoms with Crippen molar-refractivity contribution in [2.75, 3.05) is 19.0 Å². The molecule has 1 amide bonds. The quantitative estimate of drug-likeness (QED) is 0.569. The van der Waals surface area contributed by atoms with Crippen LogP contribution in [-0.2, 0) is 27.7 Å². The lowest BCUT2D eigenvalue weighted by molar-refractivity contribution is 0.0596. The van der Waals surface area contributed by atoms with Crippen LogP contribution in [0.4, 0.5) is 10.3 Å². The molecule has 0 bridgehead atoms. The summed E-state index contributed by atoms with van der Waals surface area (Å²) in [6.45, 7) is 0.129. The number of hydrogen-bond acceptors (Lipinski definition) is 7. The number of methoxy groups -OCH3 is 1. The molecular formula is C22H19FN4O5S. The Bertz CT molecular complexity index is 1350. The Kier molecular flexibility index (Phi) is 6.16. The minimum absolute atomic E-state index is 0.00525. The first-order valence-electron chi connectivity index (χ1n) is 9.89. The minimum Gasteiger partial charge on any atom is -0.465 e. The molecule has 3 aromatic rings. The number of sulfonamides is 1. The molecule has 9 nitrogen and oxygen atoms in total. The summed E-state index contributed by atoms with van der Waals surface area (Å²) in [5, 5.41) is 2.52. The fraction of sp³-hybridized carbons (Fsp3) is 0.182. The molecule has 0 radical (unpaired) electrons. The molecule has 0 saturated heterocycles. The highest BCUT2D eigenvalue weighted by Crippen LogP contribution is 2.26. The summed E-state index contributed by atoms with van der Waals surface area (Å²) in [4.78, 5) is 32.6. The van der Waals surface area contributed by atoms with Crippen molar-refractivity contribution in [2.24, 2.45) is 0 Å². The molecule has 0 unspecified atom stereocenters. The number of aromatic nitrogens is 2. The zero-order valence-electron chi connectivity index (χ0n) is 17.5. The Morgan fingerprint density at radius 1 is 1.15 bits per heavy atom. The van der Waals surface area contributed by atoms with Gasteiger partial charge in [0.05, 0.1) is 23.3 Å². The van der Waals surface area contributed by atoms with Crippen molar-refractivity contribution in [3.05, 3.63) is 82.9 Å². The van der Waals surface area contributed by atoms with Gasteiger partial charge in [0.15, 0.2) is 0 Å². The number of carbonyl (C=O) groups is 2. The van der Waals surface area contributed by atoms with E-state index in [0.29, 0.717) is 11.3 Å². The lowest BCUT2D eigenvalue weighted by atomic mass is 10.1. The van der Waals surface area contributed by atoms with E-state index < -0.39 is 27.7 Å². The highest BCUT2D eigenvalue weighted by Gasteiger charge is 2.32. The molecule has 170 valence electrons. The second kappa shape index (κ2) is 9.04. The topological polar surface area (TPSA) is 119 Å². The van der Waals surface area contributed by atoms with E-state index in [-0.39, 0.29) is 41.5 Å². The molecule has 0 fully saturated rings. The van der Waals surface area contributed by atoms with Crippen LogP contribution < -0.4 is 5.32 Å². The third-order valence-corrected chi connectivity index (χ3v) is 7.02. The molecule has 2 aromatic carbocycles. The van der Waals surface area contributed by atoms with Crippen LogP contribution in [0, 0.1) is 5.82 Å². The van der Waals surface area contributed by atoms with Gasteiger partial charge in [-0.1, -0.05) is 18.2 Å². The number of anilines is 1. The van der Waals surface area contributed by atoms with E-state index >= 15 is 0 Å². The van der Waals surface area contributed by atoms with E-state index in [1.807, 2.05) is 0 Å². The third-order valence-electron chi connectivity index (χ3n) is 5.12. The molecule has 2 heterocycles. The summed E-state index contributed by atoms with van der Waals surface area (Å²) in [5.74, 6) is -1.80. The lowest BCUT2D eigenvalue weighted by Crippen LogP contribution is -2.37. The minimum atomic E-state index is -3.99. The molecule has 0 aliphatic carbocycles. The predicted molar refractivity (Wildman–Crippen MR) is 115 cm³/mol. The Balaban J connectivity index is 1.54. The summed E-state index contributed by atoms with van der Waals surface area (Å²) in [6.07, 6.45) is 1.72. The monoisotopic (exact) mass is 470 g/mol. The Hall–Kier alpha value is -3.70. The number of amides is 1. The molecule has 0 spiro atoms. The van der Waals surface area contributed by atoms with E-state index in [2.05, 4.69) is 15.3 Å². The van der Waals surface area contributed by atoms with Gasteiger partial charge in [-0.3, -0.25) is 10.1 Å². The zero-order chi connectivity index (χ0) is 23.6. The highest BCUT2D eigenvalue weighted by atomic mass is 32.2. The first kappa shape index (κ1) is 22.5. The summed E-state index contributed by atoms with van der Waals surface area (Å²) >= 11 is 0. The molecule has 1 N–H and O–H groups in total. The lowest BCUT2D eigenvalue weighted by Gasteiger charge is -2.28. The maximum Gasteiger partial charge on any atom is 0.339 e. The van der Waals surface area contributed by atoms with E-state index in [4.69, 9.17) is 4.74 Å². The van der Waals surface area contributed by atoms with Gasteiger partial charge in [-0.05, 0) is 30.3 Å². The van der Waals surface area contributed by atoms with Crippen molar-refractivity contribution in [1.82, 2.24) is 14.3 Å². The van der Waals surface area contributed by atoms with E-state index in [1.165, 1.54) is 54.0 Å². The number of halogens is 1. The van der Waals surface area contributed by atoms with Gasteiger partial charge in [-0.25, -0.2) is 27.6 Å². The molecule has 4 rings (SSSR count). The first-order valence-corrected chi connectivity index (χ1v) is 11.3. The summed E-state index contributed by atoms with van der Waals surface area (Å²) in [6, 6.07) is 11.1. The van der Waals surface area contributed by atoms with Gasteiger partial charge >= 0.3 is 5.97 Å². The fourth-order valence-electron chi connectivity index (χ4n) is 3.47. The number of carbonyl (C=O) groups excluding carboxylic acids is 2. The van der Waals surface area contributed by atoms with Crippen LogP contribution in [0.5, 0.6) is 0 Å². The van der Waals surface area contributed by atoms with Crippen LogP contribution in [0.2, 0.25) is 0 Å². The van der Waals surface area contributed by atoms with Crippen molar-refractivity contribution in [3.8, 4) is 0 Å². The van der Waals surface area contributed by atoms with Crippen LogP contribution in [0.25, 0.3) is 0 Å². The molecule has 0 saturated carbocycles. The maximum absolute atomic E-state index is 13.3.